The Kier molecular flexibility index (Phi) is 7.15. The lowest BCUT2D eigenvalue weighted by molar-refractivity contribution is -0.113. The van der Waals surface area contributed by atoms with E-state index in [1.165, 1.54) is 23.1 Å². The first-order valence-corrected chi connectivity index (χ1v) is 9.25. The zero-order chi connectivity index (χ0) is 16.5. The van der Waals surface area contributed by atoms with Crippen LogP contribution in [-0.2, 0) is 4.79 Å². The first-order valence-electron chi connectivity index (χ1n) is 7.44. The Morgan fingerprint density at radius 1 is 1.30 bits per heavy atom. The Balaban J connectivity index is 1.84. The van der Waals surface area contributed by atoms with Gasteiger partial charge in [-0.25, -0.2) is 0 Å². The summed E-state index contributed by atoms with van der Waals surface area (Å²) < 4.78 is 6.27. The summed E-state index contributed by atoms with van der Waals surface area (Å²) in [5, 5.41) is 14.9. The van der Waals surface area contributed by atoms with Crippen LogP contribution in [0.5, 0.6) is 5.75 Å². The monoisotopic (exact) mass is 352 g/mol. The van der Waals surface area contributed by atoms with Gasteiger partial charge in [0.1, 0.15) is 5.75 Å². The van der Waals surface area contributed by atoms with Crippen molar-refractivity contribution in [1.82, 2.24) is 10.2 Å². The molecule has 2 rings (SSSR count). The van der Waals surface area contributed by atoms with Gasteiger partial charge in [-0.15, -0.1) is 10.2 Å². The highest BCUT2D eigenvalue weighted by Crippen LogP contribution is 2.27. The number of carbonyl (C=O) groups excluding carboxylic acids is 1. The molecule has 0 aliphatic heterocycles. The summed E-state index contributed by atoms with van der Waals surface area (Å²) >= 11 is 2.83. The number of nitrogens with zero attached hydrogens (tertiary/aromatic N) is 2. The number of rotatable bonds is 9. The second-order valence-electron chi connectivity index (χ2n) is 4.57. The van der Waals surface area contributed by atoms with Crippen LogP contribution in [0.25, 0.3) is 0 Å². The van der Waals surface area contributed by atoms with Gasteiger partial charge < -0.3 is 15.4 Å². The van der Waals surface area contributed by atoms with Crippen LogP contribution in [0.1, 0.15) is 20.3 Å². The lowest BCUT2D eigenvalue weighted by Gasteiger charge is -2.10. The van der Waals surface area contributed by atoms with Gasteiger partial charge >= 0.3 is 0 Å². The average molecular weight is 352 g/mol. The molecule has 1 aromatic carbocycles. The maximum Gasteiger partial charge on any atom is 0.234 e. The highest BCUT2D eigenvalue weighted by molar-refractivity contribution is 8.01. The smallest absolute Gasteiger partial charge is 0.234 e. The fourth-order valence-electron chi connectivity index (χ4n) is 1.74. The summed E-state index contributed by atoms with van der Waals surface area (Å²) in [6.45, 7) is 5.43. The molecule has 0 fully saturated rings. The number of hydrogen-bond acceptors (Lipinski definition) is 7. The molecule has 2 N–H and O–H groups in total. The quantitative estimate of drug-likeness (QED) is 0.673. The number of thioether (sulfide) groups is 1. The molecule has 0 aliphatic rings. The third kappa shape index (κ3) is 5.72. The predicted molar refractivity (Wildman–Crippen MR) is 95.7 cm³/mol. The Morgan fingerprint density at radius 2 is 2.13 bits per heavy atom. The first-order chi connectivity index (χ1) is 11.2. The van der Waals surface area contributed by atoms with Gasteiger partial charge in [-0.05, 0) is 25.5 Å². The Hall–Kier alpha value is -1.80. The molecule has 1 aromatic heterocycles. The maximum atomic E-state index is 12.1. The molecular weight excluding hydrogens is 332 g/mol. The molecule has 0 saturated heterocycles. The van der Waals surface area contributed by atoms with Crippen LogP contribution in [-0.4, -0.2) is 35.0 Å². The third-order valence-electron chi connectivity index (χ3n) is 2.72. The van der Waals surface area contributed by atoms with Crippen LogP contribution in [0.3, 0.4) is 0 Å². The van der Waals surface area contributed by atoms with Crippen LogP contribution in [0.2, 0.25) is 0 Å². The van der Waals surface area contributed by atoms with Crippen molar-refractivity contribution in [2.75, 3.05) is 29.5 Å². The second-order valence-corrected chi connectivity index (χ2v) is 6.77. The van der Waals surface area contributed by atoms with Gasteiger partial charge in [0.05, 0.1) is 18.0 Å². The topological polar surface area (TPSA) is 76.1 Å². The van der Waals surface area contributed by atoms with E-state index in [-0.39, 0.29) is 11.7 Å². The average Bonchev–Trinajstić information content (AvgIpc) is 3.01. The Bertz CT molecular complexity index is 633. The van der Waals surface area contributed by atoms with Gasteiger partial charge in [0.2, 0.25) is 11.0 Å². The van der Waals surface area contributed by atoms with Crippen molar-refractivity contribution < 1.29 is 9.53 Å². The number of amides is 1. The lowest BCUT2D eigenvalue weighted by atomic mass is 10.3. The summed E-state index contributed by atoms with van der Waals surface area (Å²) in [6.07, 6.45) is 1.03. The van der Waals surface area contributed by atoms with E-state index in [1.54, 1.807) is 0 Å². The van der Waals surface area contributed by atoms with Crippen molar-refractivity contribution in [3.63, 3.8) is 0 Å². The second kappa shape index (κ2) is 9.36. The van der Waals surface area contributed by atoms with E-state index in [0.29, 0.717) is 18.0 Å². The number of para-hydroxylation sites is 2. The molecule has 8 heteroatoms. The molecule has 1 amide bonds. The third-order valence-corrected chi connectivity index (χ3v) is 4.73. The number of carbonyl (C=O) groups is 1. The van der Waals surface area contributed by atoms with Gasteiger partial charge in [0.25, 0.3) is 0 Å². The highest BCUT2D eigenvalue weighted by atomic mass is 32.2. The number of ether oxygens (including phenoxy) is 1. The van der Waals surface area contributed by atoms with E-state index in [0.717, 1.165) is 22.4 Å². The molecule has 0 radical (unpaired) electrons. The summed E-state index contributed by atoms with van der Waals surface area (Å²) in [7, 11) is 0. The lowest BCUT2D eigenvalue weighted by Crippen LogP contribution is -2.14. The molecule has 2 aromatic rings. The van der Waals surface area contributed by atoms with E-state index < -0.39 is 0 Å². The molecule has 6 nitrogen and oxygen atoms in total. The van der Waals surface area contributed by atoms with Crippen molar-refractivity contribution in [2.24, 2.45) is 0 Å². The first kappa shape index (κ1) is 17.6. The molecular formula is C15H20N4O2S2. The van der Waals surface area contributed by atoms with Crippen molar-refractivity contribution in [3.05, 3.63) is 24.3 Å². The maximum absolute atomic E-state index is 12.1. The number of aromatic nitrogens is 2. The van der Waals surface area contributed by atoms with E-state index in [2.05, 4.69) is 27.8 Å². The minimum atomic E-state index is -0.0968. The zero-order valence-corrected chi connectivity index (χ0v) is 14.8. The van der Waals surface area contributed by atoms with E-state index in [1.807, 2.05) is 31.2 Å². The fourth-order valence-corrected chi connectivity index (χ4v) is 3.31. The molecule has 0 atom stereocenters. The van der Waals surface area contributed by atoms with Crippen molar-refractivity contribution in [2.45, 2.75) is 24.6 Å². The number of hydrogen-bond donors (Lipinski definition) is 2. The molecule has 0 bridgehead atoms. The van der Waals surface area contributed by atoms with Gasteiger partial charge in [-0.3, -0.25) is 4.79 Å². The van der Waals surface area contributed by atoms with Crippen LogP contribution < -0.4 is 15.4 Å². The van der Waals surface area contributed by atoms with Gasteiger partial charge in [0.15, 0.2) is 4.34 Å². The summed E-state index contributed by atoms with van der Waals surface area (Å²) in [5.74, 6) is 0.860. The molecule has 0 saturated carbocycles. The molecule has 1 heterocycles. The van der Waals surface area contributed by atoms with Crippen LogP contribution >= 0.6 is 23.1 Å². The van der Waals surface area contributed by atoms with E-state index in [4.69, 9.17) is 4.74 Å². The Morgan fingerprint density at radius 3 is 2.91 bits per heavy atom. The minimum Gasteiger partial charge on any atom is -0.492 e. The normalized spacial score (nSPS) is 10.3. The molecule has 0 unspecified atom stereocenters. The summed E-state index contributed by atoms with van der Waals surface area (Å²) in [6, 6.07) is 7.40. The number of benzene rings is 1. The van der Waals surface area contributed by atoms with Crippen molar-refractivity contribution in [1.29, 1.82) is 0 Å². The van der Waals surface area contributed by atoms with Gasteiger partial charge in [-0.2, -0.15) is 0 Å². The van der Waals surface area contributed by atoms with Crippen LogP contribution in [0, 0.1) is 0 Å². The standard InChI is InChI=1S/C15H20N4O2S2/c1-3-9-16-14-18-19-15(23-14)22-10-13(20)17-11-7-5-6-8-12(11)21-4-2/h5-8H,3-4,9-10H2,1-2H3,(H,16,18)(H,17,20). The van der Waals surface area contributed by atoms with Crippen molar-refractivity contribution >= 4 is 39.8 Å². The van der Waals surface area contributed by atoms with Crippen molar-refractivity contribution in [3.8, 4) is 5.75 Å². The van der Waals surface area contributed by atoms with Gasteiger partial charge in [-0.1, -0.05) is 42.2 Å². The van der Waals surface area contributed by atoms with Crippen LogP contribution in [0.4, 0.5) is 10.8 Å². The molecule has 124 valence electrons. The molecule has 0 aliphatic carbocycles. The van der Waals surface area contributed by atoms with E-state index in [9.17, 15) is 4.79 Å². The van der Waals surface area contributed by atoms with Crippen LogP contribution in [0.15, 0.2) is 28.6 Å². The summed E-state index contributed by atoms with van der Waals surface area (Å²) in [5.41, 5.74) is 0.683. The molecule has 23 heavy (non-hydrogen) atoms. The Labute approximate surface area is 144 Å². The largest absolute Gasteiger partial charge is 0.492 e. The summed E-state index contributed by atoms with van der Waals surface area (Å²) in [4.78, 5) is 12.1. The highest BCUT2D eigenvalue weighted by Gasteiger charge is 2.10. The fraction of sp³-hybridized carbons (Fsp3) is 0.400. The minimum absolute atomic E-state index is 0.0968. The number of anilines is 2. The zero-order valence-electron chi connectivity index (χ0n) is 13.2. The van der Waals surface area contributed by atoms with E-state index >= 15 is 0 Å². The number of nitrogens with one attached hydrogen (secondary N) is 2. The predicted octanol–water partition coefficient (Wildman–Crippen LogP) is 3.49. The van der Waals surface area contributed by atoms with Gasteiger partial charge in [0, 0.05) is 6.54 Å². The SMILES string of the molecule is CCCNc1nnc(SCC(=O)Nc2ccccc2OCC)s1. The molecule has 0 spiro atoms.